The van der Waals surface area contributed by atoms with Crippen LogP contribution in [0.4, 0.5) is 13.2 Å². The van der Waals surface area contributed by atoms with Gasteiger partial charge in [-0.05, 0) is 44.3 Å². The van der Waals surface area contributed by atoms with E-state index in [1.54, 1.807) is 13.8 Å². The van der Waals surface area contributed by atoms with Crippen LogP contribution in [0.25, 0.3) is 0 Å². The number of hydrogen-bond donors (Lipinski definition) is 0. The van der Waals surface area contributed by atoms with Crippen LogP contribution in [0.1, 0.15) is 40.5 Å². The summed E-state index contributed by atoms with van der Waals surface area (Å²) in [6, 6.07) is 0. The van der Waals surface area contributed by atoms with Gasteiger partial charge in [-0.15, -0.1) is 0 Å². The molecule has 0 aromatic rings. The molecule has 0 saturated heterocycles. The highest BCUT2D eigenvalue weighted by atomic mass is 127. The lowest BCUT2D eigenvalue weighted by Crippen LogP contribution is -2.22. The first kappa shape index (κ1) is 16.7. The molecule has 19 heavy (non-hydrogen) atoms. The molecule has 0 heterocycles. The number of allylic oxidation sites excluding steroid dienone is 3. The Morgan fingerprint density at radius 1 is 1.47 bits per heavy atom. The van der Waals surface area contributed by atoms with Crippen LogP contribution in [0.15, 0.2) is 27.9 Å². The molecule has 0 fully saturated rings. The van der Waals surface area contributed by atoms with Crippen LogP contribution in [-0.2, 0) is 0 Å². The van der Waals surface area contributed by atoms with Gasteiger partial charge in [0.1, 0.15) is 0 Å². The lowest BCUT2D eigenvalue weighted by atomic mass is 9.84. The summed E-state index contributed by atoms with van der Waals surface area (Å²) in [4.78, 5) is 4.32. The summed E-state index contributed by atoms with van der Waals surface area (Å²) in [6.45, 7) is 7.51. The third kappa shape index (κ3) is 4.33. The molecule has 1 nitrogen and oxygen atoms in total. The maximum absolute atomic E-state index is 12.9. The second-order valence-electron chi connectivity index (χ2n) is 5.05. The van der Waals surface area contributed by atoms with Crippen LogP contribution in [0.2, 0.25) is 0 Å². The van der Waals surface area contributed by atoms with Crippen LogP contribution >= 0.6 is 22.6 Å². The highest BCUT2D eigenvalue weighted by Gasteiger charge is 2.38. The lowest BCUT2D eigenvalue weighted by molar-refractivity contribution is -0.0952. The van der Waals surface area contributed by atoms with Crippen LogP contribution < -0.4 is 0 Å². The molecule has 0 aliphatic heterocycles. The Morgan fingerprint density at radius 3 is 2.47 bits per heavy atom. The predicted molar refractivity (Wildman–Crippen MR) is 81.8 cm³/mol. The fourth-order valence-electron chi connectivity index (χ4n) is 2.22. The number of alkyl halides is 4. The van der Waals surface area contributed by atoms with E-state index < -0.39 is 11.7 Å². The summed E-state index contributed by atoms with van der Waals surface area (Å²) in [5.41, 5.74) is 1.85. The molecule has 2 atom stereocenters. The quantitative estimate of drug-likeness (QED) is 0.347. The lowest BCUT2D eigenvalue weighted by Gasteiger charge is -2.28. The second kappa shape index (κ2) is 6.41. The zero-order valence-corrected chi connectivity index (χ0v) is 13.8. The van der Waals surface area contributed by atoms with Gasteiger partial charge in [-0.1, -0.05) is 36.4 Å². The third-order valence-electron chi connectivity index (χ3n) is 3.07. The molecule has 1 aliphatic carbocycles. The van der Waals surface area contributed by atoms with Gasteiger partial charge < -0.3 is 0 Å². The SMILES string of the molecule is CC[C@@H](I)C1=C(N=C(C)C)C=C(C(F)(F)F)CC1C. The van der Waals surface area contributed by atoms with E-state index in [0.29, 0.717) is 5.70 Å². The van der Waals surface area contributed by atoms with E-state index in [2.05, 4.69) is 27.6 Å². The van der Waals surface area contributed by atoms with Crippen LogP contribution in [0, 0.1) is 5.92 Å². The number of halogens is 4. The molecule has 108 valence electrons. The molecule has 5 heteroatoms. The van der Waals surface area contributed by atoms with Gasteiger partial charge in [0.15, 0.2) is 0 Å². The Kier molecular flexibility index (Phi) is 5.65. The zero-order chi connectivity index (χ0) is 14.8. The van der Waals surface area contributed by atoms with E-state index in [1.807, 2.05) is 13.8 Å². The number of rotatable bonds is 3. The van der Waals surface area contributed by atoms with Crippen molar-refractivity contribution < 1.29 is 13.2 Å². The normalized spacial score (nSPS) is 22.1. The molecule has 0 saturated carbocycles. The Morgan fingerprint density at radius 2 is 2.05 bits per heavy atom. The molecule has 1 aliphatic rings. The number of aliphatic imine (C=N–C) groups is 1. The Bertz CT molecular complexity index is 428. The average Bonchev–Trinajstić information content (AvgIpc) is 2.25. The van der Waals surface area contributed by atoms with Crippen molar-refractivity contribution >= 4 is 28.3 Å². The standard InChI is InChI=1S/C14H19F3IN/c1-5-11(18)13-9(4)6-10(14(15,16)17)7-12(13)19-8(2)3/h7,9,11H,5-6H2,1-4H3/t9?,11-/m1/s1. The fourth-order valence-corrected chi connectivity index (χ4v) is 3.16. The van der Waals surface area contributed by atoms with E-state index in [0.717, 1.165) is 17.7 Å². The van der Waals surface area contributed by atoms with E-state index in [4.69, 9.17) is 0 Å². The number of nitrogens with zero attached hydrogens (tertiary/aromatic N) is 1. The van der Waals surface area contributed by atoms with Crippen molar-refractivity contribution in [1.29, 1.82) is 0 Å². The molecule has 1 unspecified atom stereocenters. The monoisotopic (exact) mass is 385 g/mol. The Hall–Kier alpha value is -0.330. The van der Waals surface area contributed by atoms with Gasteiger partial charge in [0.05, 0.1) is 5.70 Å². The van der Waals surface area contributed by atoms with Gasteiger partial charge in [0.25, 0.3) is 0 Å². The zero-order valence-electron chi connectivity index (χ0n) is 11.6. The first-order chi connectivity index (χ1) is 8.66. The van der Waals surface area contributed by atoms with E-state index in [-0.39, 0.29) is 16.3 Å². The minimum absolute atomic E-state index is 0.0557. The van der Waals surface area contributed by atoms with Crippen molar-refractivity contribution in [2.75, 3.05) is 0 Å². The molecular weight excluding hydrogens is 366 g/mol. The summed E-state index contributed by atoms with van der Waals surface area (Å²) in [5.74, 6) is -0.110. The topological polar surface area (TPSA) is 12.4 Å². The van der Waals surface area contributed by atoms with Crippen LogP contribution in [-0.4, -0.2) is 15.8 Å². The van der Waals surface area contributed by atoms with E-state index >= 15 is 0 Å². The molecule has 0 spiro atoms. The summed E-state index contributed by atoms with van der Waals surface area (Å²) >= 11 is 2.29. The smallest absolute Gasteiger partial charge is 0.258 e. The van der Waals surface area contributed by atoms with Crippen molar-refractivity contribution in [3.05, 3.63) is 22.9 Å². The summed E-state index contributed by atoms with van der Waals surface area (Å²) < 4.78 is 38.9. The van der Waals surface area contributed by atoms with Crippen molar-refractivity contribution in [3.8, 4) is 0 Å². The van der Waals surface area contributed by atoms with E-state index in [9.17, 15) is 13.2 Å². The van der Waals surface area contributed by atoms with Gasteiger partial charge in [0.2, 0.25) is 0 Å². The number of hydrogen-bond acceptors (Lipinski definition) is 1. The molecule has 0 aromatic carbocycles. The first-order valence-electron chi connectivity index (χ1n) is 6.34. The van der Waals surface area contributed by atoms with Crippen molar-refractivity contribution in [1.82, 2.24) is 0 Å². The minimum Gasteiger partial charge on any atom is -0.258 e. The van der Waals surface area contributed by atoms with Crippen LogP contribution in [0.3, 0.4) is 0 Å². The Labute approximate surface area is 126 Å². The van der Waals surface area contributed by atoms with Gasteiger partial charge in [-0.2, -0.15) is 13.2 Å². The summed E-state index contributed by atoms with van der Waals surface area (Å²) in [6.07, 6.45) is -2.07. The molecule has 1 rings (SSSR count). The average molecular weight is 385 g/mol. The molecular formula is C14H19F3IN. The van der Waals surface area contributed by atoms with E-state index in [1.165, 1.54) is 6.08 Å². The van der Waals surface area contributed by atoms with Crippen molar-refractivity contribution in [2.24, 2.45) is 10.9 Å². The maximum Gasteiger partial charge on any atom is 0.412 e. The molecule has 0 N–H and O–H groups in total. The van der Waals surface area contributed by atoms with Crippen LogP contribution in [0.5, 0.6) is 0 Å². The minimum atomic E-state index is -4.25. The van der Waals surface area contributed by atoms with Gasteiger partial charge in [-0.25, -0.2) is 0 Å². The van der Waals surface area contributed by atoms with Crippen molar-refractivity contribution in [2.45, 2.75) is 50.6 Å². The van der Waals surface area contributed by atoms with Crippen molar-refractivity contribution in [3.63, 3.8) is 0 Å². The largest absolute Gasteiger partial charge is 0.412 e. The second-order valence-corrected chi connectivity index (χ2v) is 6.55. The first-order valence-corrected chi connectivity index (χ1v) is 7.59. The third-order valence-corrected chi connectivity index (χ3v) is 4.62. The Balaban J connectivity index is 3.35. The summed E-state index contributed by atoms with van der Waals surface area (Å²) in [7, 11) is 0. The molecule has 0 radical (unpaired) electrons. The highest BCUT2D eigenvalue weighted by Crippen LogP contribution is 2.41. The predicted octanol–water partition coefficient (Wildman–Crippen LogP) is 5.46. The molecule has 0 bridgehead atoms. The van der Waals surface area contributed by atoms with Gasteiger partial charge in [-0.3, -0.25) is 4.99 Å². The van der Waals surface area contributed by atoms with Gasteiger partial charge in [0, 0.05) is 15.2 Å². The molecule has 0 aromatic heterocycles. The highest BCUT2D eigenvalue weighted by molar-refractivity contribution is 14.1. The maximum atomic E-state index is 12.9. The van der Waals surface area contributed by atoms with Gasteiger partial charge >= 0.3 is 6.18 Å². The fraction of sp³-hybridized carbons (Fsp3) is 0.643. The summed E-state index contributed by atoms with van der Waals surface area (Å²) in [5, 5.41) is 0. The molecule has 0 amide bonds.